The number of rotatable bonds is 13. The molecule has 2 aromatic carbocycles. The van der Waals surface area contributed by atoms with Gasteiger partial charge in [0.25, 0.3) is 15.9 Å². The lowest BCUT2D eigenvalue weighted by atomic mass is 10.0. The monoisotopic (exact) mass is 664 g/mol. The lowest BCUT2D eigenvalue weighted by Crippen LogP contribution is -2.41. The van der Waals surface area contributed by atoms with Crippen LogP contribution in [0.5, 0.6) is 23.1 Å². The minimum Gasteiger partial charge on any atom is -0.493 e. The summed E-state index contributed by atoms with van der Waals surface area (Å²) in [6.45, 7) is 5.62. The number of hydrogen-bond acceptors (Lipinski definition) is 12. The Bertz CT molecular complexity index is 1750. The van der Waals surface area contributed by atoms with Crippen LogP contribution in [0.25, 0.3) is 11.6 Å². The minimum absolute atomic E-state index is 0.0156. The lowest BCUT2D eigenvalue weighted by molar-refractivity contribution is 0.0237. The van der Waals surface area contributed by atoms with E-state index in [-0.39, 0.29) is 53.0 Å². The Morgan fingerprint density at radius 2 is 1.64 bits per heavy atom. The molecule has 0 bridgehead atoms. The van der Waals surface area contributed by atoms with E-state index >= 15 is 0 Å². The van der Waals surface area contributed by atoms with Crippen molar-refractivity contribution in [3.63, 3.8) is 0 Å². The van der Waals surface area contributed by atoms with Crippen LogP contribution in [0.2, 0.25) is 0 Å². The fraction of sp³-hybridized carbons (Fsp3) is 0.344. The summed E-state index contributed by atoms with van der Waals surface area (Å²) in [7, 11) is -2.71. The average molecular weight is 665 g/mol. The molecule has 1 saturated heterocycles. The second-order valence-electron chi connectivity index (χ2n) is 10.8. The molecule has 0 radical (unpaired) electrons. The number of carbonyl (C=O) groups is 1. The van der Waals surface area contributed by atoms with Crippen LogP contribution < -0.4 is 18.9 Å². The van der Waals surface area contributed by atoms with Crippen molar-refractivity contribution in [1.29, 1.82) is 0 Å². The van der Waals surface area contributed by atoms with E-state index in [1.165, 1.54) is 36.5 Å². The van der Waals surface area contributed by atoms with E-state index in [9.17, 15) is 13.2 Å². The van der Waals surface area contributed by atoms with E-state index in [1.807, 2.05) is 0 Å². The number of aromatic nitrogens is 4. The summed E-state index contributed by atoms with van der Waals surface area (Å²) < 4.78 is 58.2. The van der Waals surface area contributed by atoms with Gasteiger partial charge in [-0.25, -0.2) is 28.2 Å². The number of ether oxygens (including phenoxy) is 5. The number of morpholine rings is 1. The zero-order valence-electron chi connectivity index (χ0n) is 26.3. The van der Waals surface area contributed by atoms with Gasteiger partial charge in [0.1, 0.15) is 13.2 Å². The van der Waals surface area contributed by atoms with E-state index in [1.54, 1.807) is 42.5 Å². The zero-order valence-corrected chi connectivity index (χ0v) is 27.1. The largest absolute Gasteiger partial charge is 0.493 e. The molecule has 1 aliphatic heterocycles. The molecule has 5 rings (SSSR count). The van der Waals surface area contributed by atoms with Crippen molar-refractivity contribution in [1.82, 2.24) is 24.8 Å². The number of anilines is 1. The first-order valence-electron chi connectivity index (χ1n) is 15.0. The Morgan fingerprint density at radius 1 is 0.936 bits per heavy atom. The fourth-order valence-electron chi connectivity index (χ4n) is 4.58. The topological polar surface area (TPSA) is 164 Å². The van der Waals surface area contributed by atoms with Gasteiger partial charge < -0.3 is 28.6 Å². The summed E-state index contributed by atoms with van der Waals surface area (Å²) in [6.07, 6.45) is 3.30. The molecule has 47 heavy (non-hydrogen) atoms. The molecule has 248 valence electrons. The molecule has 4 aromatic rings. The van der Waals surface area contributed by atoms with Gasteiger partial charge in [0.2, 0.25) is 11.6 Å². The minimum atomic E-state index is -4.19. The van der Waals surface area contributed by atoms with Crippen LogP contribution in [0.4, 0.5) is 10.6 Å². The molecular formula is C32H36N6O8S. The Balaban J connectivity index is 1.50. The highest BCUT2D eigenvalue weighted by molar-refractivity contribution is 7.92. The molecule has 1 amide bonds. The molecule has 2 aromatic heterocycles. The van der Waals surface area contributed by atoms with Crippen molar-refractivity contribution in [2.45, 2.75) is 25.2 Å². The predicted molar refractivity (Wildman–Crippen MR) is 171 cm³/mol. The summed E-state index contributed by atoms with van der Waals surface area (Å²) in [5, 5.41) is 0. The first-order chi connectivity index (χ1) is 22.7. The third-order valence-electron chi connectivity index (χ3n) is 6.81. The normalized spacial score (nSPS) is 13.2. The molecule has 3 heterocycles. The van der Waals surface area contributed by atoms with Crippen molar-refractivity contribution in [2.75, 3.05) is 51.3 Å². The van der Waals surface area contributed by atoms with Gasteiger partial charge in [0.05, 0.1) is 25.2 Å². The first-order valence-corrected chi connectivity index (χ1v) is 16.5. The molecule has 1 fully saturated rings. The molecule has 0 aliphatic carbocycles. The van der Waals surface area contributed by atoms with Crippen molar-refractivity contribution in [3.8, 4) is 34.8 Å². The number of nitrogens with zero attached hydrogens (tertiary/aromatic N) is 5. The maximum atomic E-state index is 13.7. The number of amides is 1. The zero-order chi connectivity index (χ0) is 33.2. The molecule has 15 heteroatoms. The number of carbonyl (C=O) groups excluding carboxylic acids is 1. The first kappa shape index (κ1) is 33.3. The van der Waals surface area contributed by atoms with E-state index in [4.69, 9.17) is 23.7 Å². The van der Waals surface area contributed by atoms with Crippen LogP contribution in [-0.4, -0.2) is 86.0 Å². The second kappa shape index (κ2) is 15.5. The number of nitrogens with one attached hydrogen (secondary N) is 1. The van der Waals surface area contributed by atoms with Crippen molar-refractivity contribution in [2.24, 2.45) is 5.92 Å². The van der Waals surface area contributed by atoms with Crippen molar-refractivity contribution < 1.29 is 36.9 Å². The number of hydrogen-bond donors (Lipinski definition) is 1. The van der Waals surface area contributed by atoms with Gasteiger partial charge in [-0.2, -0.15) is 4.98 Å². The third kappa shape index (κ3) is 8.83. The van der Waals surface area contributed by atoms with E-state index < -0.39 is 16.1 Å². The predicted octanol–water partition coefficient (Wildman–Crippen LogP) is 4.58. The van der Waals surface area contributed by atoms with Crippen LogP contribution >= 0.6 is 0 Å². The Kier molecular flexibility index (Phi) is 11.0. The molecule has 1 aliphatic rings. The SMILES string of the molecule is COc1ccccc1Oc1c(NS(=O)(=O)c2ccc(CC(C)C)cc2)nc(-c2ncccn2)nc1OCCOC(=O)N1CCOCC1. The standard InChI is InChI=1S/C32H36N6O8S/c1-22(2)21-23-9-11-24(12-10-23)47(40,41)37-28-27(46-26-8-5-4-7-25(26)42-3)31(36-30(35-28)29-33-13-6-14-34-29)44-19-20-45-32(39)38-15-17-43-18-16-38/h4-14,22H,15-21H2,1-3H3,(H,35,36,37). The molecule has 1 N–H and O–H groups in total. The third-order valence-corrected chi connectivity index (χ3v) is 8.16. The van der Waals surface area contributed by atoms with Gasteiger partial charge >= 0.3 is 6.09 Å². The smallest absolute Gasteiger partial charge is 0.410 e. The fourth-order valence-corrected chi connectivity index (χ4v) is 5.59. The van der Waals surface area contributed by atoms with E-state index in [0.29, 0.717) is 38.0 Å². The Hall–Kier alpha value is -5.02. The molecule has 0 saturated carbocycles. The highest BCUT2D eigenvalue weighted by Crippen LogP contribution is 2.41. The Morgan fingerprint density at radius 3 is 2.32 bits per heavy atom. The summed E-state index contributed by atoms with van der Waals surface area (Å²) in [6, 6.07) is 15.0. The quantitative estimate of drug-likeness (QED) is 0.198. The van der Waals surface area contributed by atoms with Gasteiger partial charge in [0.15, 0.2) is 23.1 Å². The van der Waals surface area contributed by atoms with Crippen LogP contribution in [0, 0.1) is 5.92 Å². The molecular weight excluding hydrogens is 628 g/mol. The molecule has 14 nitrogen and oxygen atoms in total. The highest BCUT2D eigenvalue weighted by atomic mass is 32.2. The molecule has 0 unspecified atom stereocenters. The maximum absolute atomic E-state index is 13.7. The number of benzene rings is 2. The van der Waals surface area contributed by atoms with Crippen LogP contribution in [-0.2, 0) is 25.9 Å². The maximum Gasteiger partial charge on any atom is 0.410 e. The molecule has 0 atom stereocenters. The second-order valence-corrected chi connectivity index (χ2v) is 12.4. The number of methoxy groups -OCH3 is 1. The van der Waals surface area contributed by atoms with Gasteiger partial charge in [0, 0.05) is 25.5 Å². The van der Waals surface area contributed by atoms with E-state index in [0.717, 1.165) is 12.0 Å². The summed E-state index contributed by atoms with van der Waals surface area (Å²) in [4.78, 5) is 31.4. The summed E-state index contributed by atoms with van der Waals surface area (Å²) >= 11 is 0. The van der Waals surface area contributed by atoms with Crippen LogP contribution in [0.3, 0.4) is 0 Å². The molecule has 0 spiro atoms. The van der Waals surface area contributed by atoms with Crippen molar-refractivity contribution in [3.05, 3.63) is 72.6 Å². The van der Waals surface area contributed by atoms with Gasteiger partial charge in [-0.3, -0.25) is 4.72 Å². The number of para-hydroxylation sites is 2. The number of sulfonamides is 1. The van der Waals surface area contributed by atoms with Crippen LogP contribution in [0.1, 0.15) is 19.4 Å². The van der Waals surface area contributed by atoms with Gasteiger partial charge in [-0.05, 0) is 48.2 Å². The lowest BCUT2D eigenvalue weighted by Gasteiger charge is -2.25. The summed E-state index contributed by atoms with van der Waals surface area (Å²) in [5.74, 6) is 0.537. The van der Waals surface area contributed by atoms with Gasteiger partial charge in [-0.15, -0.1) is 0 Å². The van der Waals surface area contributed by atoms with Crippen LogP contribution in [0.15, 0.2) is 71.9 Å². The van der Waals surface area contributed by atoms with Gasteiger partial charge in [-0.1, -0.05) is 38.1 Å². The average Bonchev–Trinajstić information content (AvgIpc) is 3.08. The summed E-state index contributed by atoms with van der Waals surface area (Å²) in [5.41, 5.74) is 1.01. The van der Waals surface area contributed by atoms with E-state index in [2.05, 4.69) is 38.5 Å². The Labute approximate surface area is 273 Å². The van der Waals surface area contributed by atoms with Crippen molar-refractivity contribution >= 4 is 21.9 Å². The highest BCUT2D eigenvalue weighted by Gasteiger charge is 2.26.